The van der Waals surface area contributed by atoms with E-state index in [1.807, 2.05) is 27.7 Å². The third-order valence-corrected chi connectivity index (χ3v) is 20.8. The van der Waals surface area contributed by atoms with Crippen LogP contribution in [0.25, 0.3) is 0 Å². The van der Waals surface area contributed by atoms with Crippen LogP contribution in [0.1, 0.15) is 368 Å². The summed E-state index contributed by atoms with van der Waals surface area (Å²) < 4.78 is 48.8. The summed E-state index contributed by atoms with van der Waals surface area (Å²) in [6.07, 6.45) is 31.4. The van der Waals surface area contributed by atoms with Crippen molar-refractivity contribution in [1.82, 2.24) is 31.9 Å². The third-order valence-electron chi connectivity index (χ3n) is 20.8. The Labute approximate surface area is 782 Å². The van der Waals surface area contributed by atoms with Gasteiger partial charge >= 0.3 is 53.7 Å². The van der Waals surface area contributed by atoms with Crippen LogP contribution in [0.2, 0.25) is 0 Å². The minimum atomic E-state index is -0.535. The largest absolute Gasteiger partial charge is 0.466 e. The van der Waals surface area contributed by atoms with E-state index in [9.17, 15) is 58.2 Å². The first-order valence-corrected chi connectivity index (χ1v) is 49.3. The fourth-order valence-corrected chi connectivity index (χ4v) is 13.7. The number of aliphatic hydroxyl groups excluding tert-OH is 3. The van der Waals surface area contributed by atoms with E-state index in [0.717, 1.165) is 104 Å². The molecule has 13 N–H and O–H groups in total. The molecule has 0 aliphatic rings. The molecule has 0 heterocycles. The van der Waals surface area contributed by atoms with Crippen LogP contribution in [0.3, 0.4) is 0 Å². The Hall–Kier alpha value is -5.80. The van der Waals surface area contributed by atoms with Crippen LogP contribution < -0.4 is 43.4 Å². The molecule has 0 rings (SSSR count). The van der Waals surface area contributed by atoms with E-state index in [2.05, 4.69) is 73.1 Å². The van der Waals surface area contributed by atoms with Gasteiger partial charge in [-0.15, -0.1) is 6.58 Å². The summed E-state index contributed by atoms with van der Waals surface area (Å²) in [7, 11) is 0. The zero-order valence-electron chi connectivity index (χ0n) is 81.6. The Balaban J connectivity index is -0.00000100. The topological polar surface area (TPSA) is 439 Å². The standard InChI is InChI=1S/C67H130N6O14.C24H40O8.C6H16N2.2CH4/c1-53(2)70-40-20-12-10-18-38-68-44-36-58(30-26-46-74)64(78)84-48-24-16-35-63(77)83-51-29-33-61(67(81)87-56(7)8)73-43-23-13-11-19-39-69-45-37-59(66(80)86-55(5)6)32-28-50-82-62(76)34-17-25-49-85-65(79)60(31-27-47-75)52-57(9)72-42-22-15-14-21-41-71-54(3)4;1-5-10-20(24(29)32-18(2)3)12-9-16-30-22(27)13-6-7-15-31-23(28)21(11-8-14-25)17-19(4)26;7-5-3-1-2-4-6-8;;/h53-61,68-75H,10-52H2,1-9H3;5,18,20-21,25H,1,6-17H2,2-4H3;1-8H2;2*1H4. The van der Waals surface area contributed by atoms with Crippen molar-refractivity contribution in [3.05, 3.63) is 12.7 Å². The number of allylic oxidation sites excluding steroid dienone is 1. The maximum atomic E-state index is 13.0. The molecule has 0 saturated carbocycles. The van der Waals surface area contributed by atoms with E-state index in [4.69, 9.17) is 59.2 Å². The highest BCUT2D eigenvalue weighted by molar-refractivity contribution is 5.83. The van der Waals surface area contributed by atoms with Crippen molar-refractivity contribution in [3.63, 3.8) is 0 Å². The number of rotatable bonds is 87. The first-order valence-electron chi connectivity index (χ1n) is 49.3. The number of esters is 9. The maximum Gasteiger partial charge on any atom is 0.323 e. The number of nitrogens with two attached hydrogens (primary N) is 2. The number of unbranched alkanes of at least 4 members (excludes halogenated alkanes) is 15. The third kappa shape index (κ3) is 89.8. The molecule has 7 unspecified atom stereocenters. The highest BCUT2D eigenvalue weighted by atomic mass is 16.6. The predicted octanol–water partition coefficient (Wildman–Crippen LogP) is 14.6. The lowest BCUT2D eigenvalue weighted by molar-refractivity contribution is -0.154. The first-order chi connectivity index (χ1) is 61.0. The molecule has 0 saturated heterocycles. The summed E-state index contributed by atoms with van der Waals surface area (Å²) in [5, 5.41) is 48.4. The lowest BCUT2D eigenvalue weighted by Gasteiger charge is -2.21. The van der Waals surface area contributed by atoms with Crippen molar-refractivity contribution < 1.29 is 106 Å². The van der Waals surface area contributed by atoms with Crippen LogP contribution in [-0.4, -0.2) is 242 Å². The number of nitrogens with one attached hydrogen (secondary N) is 6. The summed E-state index contributed by atoms with van der Waals surface area (Å²) in [6, 6.07) is 0.676. The number of aliphatic hydroxyl groups is 3. The minimum absolute atomic E-state index is 0. The smallest absolute Gasteiger partial charge is 0.323 e. The molecule has 129 heavy (non-hydrogen) atoms. The number of carbonyl (C=O) groups is 10. The molecule has 0 aromatic rings. The average molecular weight is 1850 g/mol. The molecule has 0 aliphatic heterocycles. The molecule has 0 aromatic heterocycles. The second-order valence-corrected chi connectivity index (χ2v) is 35.1. The second kappa shape index (κ2) is 95.4. The lowest BCUT2D eigenvalue weighted by atomic mass is 9.95. The lowest BCUT2D eigenvalue weighted by Crippen LogP contribution is -2.39. The Kier molecular flexibility index (Phi) is 97.3. The monoisotopic (exact) mass is 1850 g/mol. The SMILES string of the molecule is C.C.C=CCC(CCCOC(=O)CCCCOC(=O)C(CCCO)CC(C)=O)C(=O)OC(C)C.CC(C)NCCCCCCNCCC(CCCO)C(=O)OCCCCC(=O)OCCCC(NCCCCCCNCCC(CCCOC(=O)CCCCOC(=O)C(CCCO)CC(C)NCCCCCCNC(C)C)C(=O)OC(C)C)C(=O)OC(C)C.NCCCCCCN. The second-order valence-electron chi connectivity index (χ2n) is 35.1. The molecule has 0 bridgehead atoms. The number of Topliss-reactive ketones (excluding diaryl/α,β-unsaturated/α-hetero) is 1. The fourth-order valence-electron chi connectivity index (χ4n) is 13.7. The normalized spacial score (nSPS) is 12.8. The number of ketones is 1. The van der Waals surface area contributed by atoms with Gasteiger partial charge in [-0.1, -0.05) is 100.0 Å². The van der Waals surface area contributed by atoms with Crippen molar-refractivity contribution in [3.8, 4) is 0 Å². The van der Waals surface area contributed by atoms with Gasteiger partial charge in [-0.05, 0) is 313 Å². The summed E-state index contributed by atoms with van der Waals surface area (Å²) in [6.45, 7) is 36.3. The van der Waals surface area contributed by atoms with Crippen LogP contribution in [0, 0.1) is 29.6 Å². The van der Waals surface area contributed by atoms with Gasteiger partial charge in [-0.2, -0.15) is 0 Å². The summed E-state index contributed by atoms with van der Waals surface area (Å²) >= 11 is 0. The average Bonchev–Trinajstić information content (AvgIpc) is 0.764. The van der Waals surface area contributed by atoms with Gasteiger partial charge in [0.25, 0.3) is 0 Å². The molecule has 0 radical (unpaired) electrons. The first kappa shape index (κ1) is 132. The van der Waals surface area contributed by atoms with E-state index >= 15 is 0 Å². The maximum absolute atomic E-state index is 13.0. The van der Waals surface area contributed by atoms with Gasteiger partial charge in [0.15, 0.2) is 0 Å². The van der Waals surface area contributed by atoms with Gasteiger partial charge < -0.3 is 106 Å². The van der Waals surface area contributed by atoms with Crippen LogP contribution in [0.4, 0.5) is 0 Å². The number of hydrogen-bond acceptors (Lipinski definition) is 30. The van der Waals surface area contributed by atoms with Gasteiger partial charge in [0.05, 0.1) is 87.5 Å². The Bertz CT molecular complexity index is 2680. The molecule has 0 spiro atoms. The summed E-state index contributed by atoms with van der Waals surface area (Å²) in [4.78, 5) is 124. The minimum Gasteiger partial charge on any atom is -0.466 e. The van der Waals surface area contributed by atoms with Crippen molar-refractivity contribution in [2.75, 3.05) is 125 Å². The number of carbonyl (C=O) groups excluding carboxylic acids is 10. The zero-order valence-corrected chi connectivity index (χ0v) is 81.6. The molecular weight excluding hydrogens is 1650 g/mol. The van der Waals surface area contributed by atoms with Crippen molar-refractivity contribution in [2.45, 2.75) is 410 Å². The van der Waals surface area contributed by atoms with E-state index in [1.54, 1.807) is 19.9 Å². The van der Waals surface area contributed by atoms with E-state index in [1.165, 1.54) is 58.3 Å². The Morgan fingerprint density at radius 1 is 0.318 bits per heavy atom. The van der Waals surface area contributed by atoms with Crippen LogP contribution in [-0.2, 0) is 90.6 Å². The summed E-state index contributed by atoms with van der Waals surface area (Å²) in [5.41, 5.74) is 10.6. The van der Waals surface area contributed by atoms with E-state index in [0.29, 0.717) is 166 Å². The molecule has 0 aromatic carbocycles. The number of ether oxygens (including phenoxy) is 9. The molecule has 0 amide bonds. The van der Waals surface area contributed by atoms with Gasteiger partial charge in [0, 0.05) is 63.6 Å². The van der Waals surface area contributed by atoms with Gasteiger partial charge in [0.2, 0.25) is 0 Å². The molecule has 30 heteroatoms. The predicted molar refractivity (Wildman–Crippen MR) is 516 cm³/mol. The van der Waals surface area contributed by atoms with Crippen molar-refractivity contribution >= 4 is 59.5 Å². The molecule has 0 fully saturated rings. The zero-order chi connectivity index (χ0) is 95.1. The Morgan fingerprint density at radius 2 is 0.636 bits per heavy atom. The Morgan fingerprint density at radius 3 is 1.02 bits per heavy atom. The molecular formula is C99H194N8O22. The molecule has 7 atom stereocenters. The van der Waals surface area contributed by atoms with Crippen LogP contribution >= 0.6 is 0 Å². The molecule has 762 valence electrons. The molecule has 30 nitrogen and oxygen atoms in total. The summed E-state index contributed by atoms with van der Waals surface area (Å²) in [5.74, 6) is -4.56. The van der Waals surface area contributed by atoms with Gasteiger partial charge in [-0.25, -0.2) is 0 Å². The quantitative estimate of drug-likeness (QED) is 0.0117. The molecule has 0 aliphatic carbocycles. The fraction of sp³-hybridized carbons (Fsp3) is 0.879. The van der Waals surface area contributed by atoms with Crippen LogP contribution in [0.15, 0.2) is 12.7 Å². The van der Waals surface area contributed by atoms with Gasteiger partial charge in [0.1, 0.15) is 11.8 Å². The van der Waals surface area contributed by atoms with Crippen molar-refractivity contribution in [1.29, 1.82) is 0 Å². The van der Waals surface area contributed by atoms with Crippen LogP contribution in [0.5, 0.6) is 0 Å². The number of hydrogen-bond donors (Lipinski definition) is 11. The van der Waals surface area contributed by atoms with Crippen molar-refractivity contribution in [2.24, 2.45) is 41.1 Å². The van der Waals surface area contributed by atoms with E-state index < -0.39 is 17.9 Å². The highest BCUT2D eigenvalue weighted by Gasteiger charge is 2.27. The van der Waals surface area contributed by atoms with E-state index in [-0.39, 0.29) is 202 Å². The highest BCUT2D eigenvalue weighted by Crippen LogP contribution is 2.22. The van der Waals surface area contributed by atoms with Gasteiger partial charge in [-0.3, -0.25) is 43.2 Å².